The smallest absolute Gasteiger partial charge is 0.218 e. The third kappa shape index (κ3) is 7.71. The molecule has 44 heavy (non-hydrogen) atoms. The molecule has 0 aliphatic carbocycles. The first-order valence-electron chi connectivity index (χ1n) is 15.3. The Kier molecular flexibility index (Phi) is 10.3. The molecule has 228 valence electrons. The second-order valence-corrected chi connectivity index (χ2v) is 11.4. The molecule has 1 saturated heterocycles. The van der Waals surface area contributed by atoms with Crippen molar-refractivity contribution in [1.82, 2.24) is 0 Å². The lowest BCUT2D eigenvalue weighted by molar-refractivity contribution is -0.357. The summed E-state index contributed by atoms with van der Waals surface area (Å²) < 4.78 is 39.8. The minimum Gasteiger partial charge on any atom is -0.374 e. The highest BCUT2D eigenvalue weighted by Gasteiger charge is 2.58. The molecule has 0 bridgehead atoms. The van der Waals surface area contributed by atoms with Gasteiger partial charge in [-0.2, -0.15) is 0 Å². The predicted molar refractivity (Wildman–Crippen MR) is 168 cm³/mol. The number of rotatable bonds is 13. The predicted octanol–water partition coefficient (Wildman–Crippen LogP) is 7.03. The van der Waals surface area contributed by atoms with Crippen LogP contribution in [0.25, 0.3) is 0 Å². The van der Waals surface area contributed by atoms with Crippen molar-refractivity contribution in [2.24, 2.45) is 0 Å². The Labute approximate surface area is 260 Å². The van der Waals surface area contributed by atoms with E-state index in [0.29, 0.717) is 39.6 Å². The lowest BCUT2D eigenvalue weighted by Crippen LogP contribution is -2.66. The fraction of sp³-hybridized carbons (Fsp3) is 0.316. The van der Waals surface area contributed by atoms with E-state index in [1.165, 1.54) is 0 Å². The van der Waals surface area contributed by atoms with E-state index in [1.807, 2.05) is 85.8 Å². The molecular formula is C38H40O6. The van der Waals surface area contributed by atoms with Crippen LogP contribution in [0.4, 0.5) is 0 Å². The van der Waals surface area contributed by atoms with Gasteiger partial charge in [0.05, 0.1) is 39.6 Å². The Bertz CT molecular complexity index is 1450. The molecule has 0 aromatic heterocycles. The summed E-state index contributed by atoms with van der Waals surface area (Å²) in [6, 6.07) is 40.6. The fourth-order valence-electron chi connectivity index (χ4n) is 5.75. The minimum atomic E-state index is -1.15. The molecule has 2 heterocycles. The number of ether oxygens (including phenoxy) is 6. The molecule has 0 amide bonds. The highest BCUT2D eigenvalue weighted by Crippen LogP contribution is 2.42. The van der Waals surface area contributed by atoms with E-state index in [2.05, 4.69) is 48.5 Å². The summed E-state index contributed by atoms with van der Waals surface area (Å²) >= 11 is 0. The maximum absolute atomic E-state index is 6.87. The van der Waals surface area contributed by atoms with Gasteiger partial charge in [-0.3, -0.25) is 0 Å². The third-order valence-electron chi connectivity index (χ3n) is 7.93. The highest BCUT2D eigenvalue weighted by molar-refractivity contribution is 5.21. The van der Waals surface area contributed by atoms with Gasteiger partial charge in [-0.05, 0) is 40.8 Å². The van der Waals surface area contributed by atoms with Crippen LogP contribution in [-0.4, -0.2) is 43.4 Å². The lowest BCUT2D eigenvalue weighted by atomic mass is 9.91. The zero-order valence-electron chi connectivity index (χ0n) is 25.1. The van der Waals surface area contributed by atoms with Crippen LogP contribution in [0.1, 0.15) is 29.2 Å². The maximum Gasteiger partial charge on any atom is 0.218 e. The molecule has 6 heteroatoms. The van der Waals surface area contributed by atoms with Crippen LogP contribution in [-0.2, 0) is 54.8 Å². The highest BCUT2D eigenvalue weighted by atomic mass is 16.7. The third-order valence-corrected chi connectivity index (χ3v) is 7.93. The van der Waals surface area contributed by atoms with Crippen molar-refractivity contribution < 1.29 is 28.4 Å². The monoisotopic (exact) mass is 592 g/mol. The van der Waals surface area contributed by atoms with Gasteiger partial charge in [-0.15, -0.1) is 0 Å². The molecule has 4 aromatic carbocycles. The second-order valence-electron chi connectivity index (χ2n) is 11.4. The molecule has 0 unspecified atom stereocenters. The summed E-state index contributed by atoms with van der Waals surface area (Å²) in [6.07, 6.45) is -0.0705. The molecule has 6 nitrogen and oxygen atoms in total. The van der Waals surface area contributed by atoms with Crippen molar-refractivity contribution >= 4 is 0 Å². The molecule has 1 fully saturated rings. The van der Waals surface area contributed by atoms with Crippen LogP contribution in [0.3, 0.4) is 0 Å². The van der Waals surface area contributed by atoms with Crippen LogP contribution in [0.5, 0.6) is 0 Å². The summed E-state index contributed by atoms with van der Waals surface area (Å²) in [5, 5.41) is 0. The molecule has 5 atom stereocenters. The van der Waals surface area contributed by atoms with E-state index >= 15 is 0 Å². The molecule has 0 radical (unpaired) electrons. The van der Waals surface area contributed by atoms with E-state index < -0.39 is 30.2 Å². The standard InChI is InChI=1S/C38H40O6/c1-29-22-38(43-23-29)37(42-27-33-20-12-5-13-21-33)36(41-26-32-18-10-4-11-19-32)35(40-25-31-16-8-3-9-17-31)34(44-38)28-39-24-30-14-6-2-7-15-30/h2-22,34-37H,23-28H2,1H3/t34-,35+,36+,37-,38+/m1/s1. The van der Waals surface area contributed by atoms with Crippen molar-refractivity contribution in [3.05, 3.63) is 155 Å². The van der Waals surface area contributed by atoms with Gasteiger partial charge in [0.2, 0.25) is 5.79 Å². The molecule has 1 spiro atoms. The Balaban J connectivity index is 1.32. The van der Waals surface area contributed by atoms with E-state index in [-0.39, 0.29) is 0 Å². The summed E-state index contributed by atoms with van der Waals surface area (Å²) in [4.78, 5) is 0. The number of benzene rings is 4. The first-order chi connectivity index (χ1) is 21.7. The average Bonchev–Trinajstić information content (AvgIpc) is 3.44. The summed E-state index contributed by atoms with van der Waals surface area (Å²) in [5.41, 5.74) is 5.35. The quantitative estimate of drug-likeness (QED) is 0.155. The van der Waals surface area contributed by atoms with Crippen LogP contribution < -0.4 is 0 Å². The van der Waals surface area contributed by atoms with Gasteiger partial charge in [-0.25, -0.2) is 0 Å². The van der Waals surface area contributed by atoms with Crippen LogP contribution in [0.2, 0.25) is 0 Å². The minimum absolute atomic E-state index is 0.295. The topological polar surface area (TPSA) is 55.4 Å². The van der Waals surface area contributed by atoms with Gasteiger partial charge in [0.1, 0.15) is 24.4 Å². The van der Waals surface area contributed by atoms with Crippen molar-refractivity contribution in [1.29, 1.82) is 0 Å². The first kappa shape index (κ1) is 30.4. The van der Waals surface area contributed by atoms with Gasteiger partial charge in [0.15, 0.2) is 0 Å². The van der Waals surface area contributed by atoms with Crippen molar-refractivity contribution in [3.8, 4) is 0 Å². The van der Waals surface area contributed by atoms with Crippen LogP contribution in [0, 0.1) is 0 Å². The average molecular weight is 593 g/mol. The van der Waals surface area contributed by atoms with Crippen molar-refractivity contribution in [2.75, 3.05) is 13.2 Å². The molecule has 6 rings (SSSR count). The Hall–Kier alpha value is -3.62. The van der Waals surface area contributed by atoms with E-state index in [4.69, 9.17) is 28.4 Å². The van der Waals surface area contributed by atoms with Gasteiger partial charge in [0, 0.05) is 0 Å². The summed E-state index contributed by atoms with van der Waals surface area (Å²) in [5.74, 6) is -1.15. The normalized spacial score (nSPS) is 24.8. The molecular weight excluding hydrogens is 552 g/mol. The van der Waals surface area contributed by atoms with E-state index in [1.54, 1.807) is 0 Å². The number of hydrogen-bond acceptors (Lipinski definition) is 6. The van der Waals surface area contributed by atoms with E-state index in [0.717, 1.165) is 27.8 Å². The van der Waals surface area contributed by atoms with Crippen molar-refractivity contribution in [3.63, 3.8) is 0 Å². The molecule has 2 aliphatic heterocycles. The van der Waals surface area contributed by atoms with Gasteiger partial charge in [0.25, 0.3) is 0 Å². The largest absolute Gasteiger partial charge is 0.374 e. The Morgan fingerprint density at radius 1 is 0.591 bits per heavy atom. The first-order valence-corrected chi connectivity index (χ1v) is 15.3. The van der Waals surface area contributed by atoms with Crippen molar-refractivity contribution in [2.45, 2.75) is 63.6 Å². The Morgan fingerprint density at radius 3 is 1.52 bits per heavy atom. The van der Waals surface area contributed by atoms with E-state index in [9.17, 15) is 0 Å². The molecule has 0 N–H and O–H groups in total. The molecule has 0 saturated carbocycles. The maximum atomic E-state index is 6.87. The lowest BCUT2D eigenvalue weighted by Gasteiger charge is -2.50. The second kappa shape index (κ2) is 14.9. The summed E-state index contributed by atoms with van der Waals surface area (Å²) in [6.45, 7) is 4.40. The fourth-order valence-corrected chi connectivity index (χ4v) is 5.75. The molecule has 4 aromatic rings. The van der Waals surface area contributed by atoms with Crippen LogP contribution in [0.15, 0.2) is 133 Å². The van der Waals surface area contributed by atoms with Gasteiger partial charge in [-0.1, -0.05) is 121 Å². The number of hydrogen-bond donors (Lipinski definition) is 0. The van der Waals surface area contributed by atoms with Gasteiger partial charge < -0.3 is 28.4 Å². The molecule has 2 aliphatic rings. The SMILES string of the molecule is CC1=C[C@]2(OC1)O[C@H](COCc1ccccc1)[C@H](OCc1ccccc1)[C@H](OCc1ccccc1)[C@H]2OCc1ccccc1. The summed E-state index contributed by atoms with van der Waals surface area (Å²) in [7, 11) is 0. The van der Waals surface area contributed by atoms with Crippen LogP contribution >= 0.6 is 0 Å². The zero-order chi connectivity index (χ0) is 30.0. The van der Waals surface area contributed by atoms with Gasteiger partial charge >= 0.3 is 0 Å². The zero-order valence-corrected chi connectivity index (χ0v) is 25.1. The Morgan fingerprint density at radius 2 is 1.05 bits per heavy atom.